The molecule has 18 heavy (non-hydrogen) atoms. The number of hydrogen-bond donors (Lipinski definition) is 2. The average molecular weight is 250 g/mol. The maximum absolute atomic E-state index is 4.41. The van der Waals surface area contributed by atoms with Crippen LogP contribution in [0.25, 0.3) is 0 Å². The first-order valence-corrected chi connectivity index (χ1v) is 6.96. The lowest BCUT2D eigenvalue weighted by Crippen LogP contribution is -2.15. The Bertz CT molecular complexity index is 352. The molecule has 102 valence electrons. The van der Waals surface area contributed by atoms with Crippen LogP contribution in [0.1, 0.15) is 45.2 Å². The number of aromatic nitrogens is 2. The van der Waals surface area contributed by atoms with Crippen LogP contribution in [-0.2, 0) is 0 Å². The van der Waals surface area contributed by atoms with Gasteiger partial charge in [-0.25, -0.2) is 4.98 Å². The van der Waals surface area contributed by atoms with Gasteiger partial charge in [-0.2, -0.15) is 4.98 Å². The zero-order valence-electron chi connectivity index (χ0n) is 12.1. The molecule has 1 rings (SSSR count). The molecule has 1 unspecified atom stereocenters. The highest BCUT2D eigenvalue weighted by Gasteiger charge is 2.07. The molecule has 0 amide bonds. The third-order valence-electron chi connectivity index (χ3n) is 3.19. The van der Waals surface area contributed by atoms with Gasteiger partial charge in [0, 0.05) is 25.4 Å². The molecule has 0 radical (unpaired) electrons. The van der Waals surface area contributed by atoms with Crippen molar-refractivity contribution in [2.45, 2.75) is 46.5 Å². The maximum Gasteiger partial charge on any atom is 0.224 e. The number of rotatable bonds is 8. The van der Waals surface area contributed by atoms with E-state index in [0.717, 1.165) is 24.0 Å². The first-order chi connectivity index (χ1) is 8.69. The molecule has 0 spiro atoms. The van der Waals surface area contributed by atoms with E-state index in [-0.39, 0.29) is 0 Å². The van der Waals surface area contributed by atoms with Gasteiger partial charge >= 0.3 is 0 Å². The van der Waals surface area contributed by atoms with E-state index in [1.807, 2.05) is 20.0 Å². The van der Waals surface area contributed by atoms with Crippen LogP contribution in [0.2, 0.25) is 0 Å². The topological polar surface area (TPSA) is 49.8 Å². The Morgan fingerprint density at radius 3 is 2.67 bits per heavy atom. The van der Waals surface area contributed by atoms with Gasteiger partial charge in [-0.15, -0.1) is 0 Å². The van der Waals surface area contributed by atoms with Crippen LogP contribution in [-0.4, -0.2) is 23.6 Å². The molecule has 0 bridgehead atoms. The molecule has 4 nitrogen and oxygen atoms in total. The summed E-state index contributed by atoms with van der Waals surface area (Å²) < 4.78 is 0. The largest absolute Gasteiger partial charge is 0.370 e. The predicted molar refractivity (Wildman–Crippen MR) is 78.1 cm³/mol. The van der Waals surface area contributed by atoms with Gasteiger partial charge in [0.05, 0.1) is 0 Å². The lowest BCUT2D eigenvalue weighted by atomic mass is 9.99. The van der Waals surface area contributed by atoms with Crippen molar-refractivity contribution >= 4 is 11.8 Å². The van der Waals surface area contributed by atoms with Crippen molar-refractivity contribution in [3.8, 4) is 0 Å². The molecule has 2 N–H and O–H groups in total. The van der Waals surface area contributed by atoms with Crippen molar-refractivity contribution in [2.75, 3.05) is 24.2 Å². The van der Waals surface area contributed by atoms with Gasteiger partial charge in [0.25, 0.3) is 0 Å². The van der Waals surface area contributed by atoms with Crippen molar-refractivity contribution < 1.29 is 0 Å². The normalized spacial score (nSPS) is 12.2. The van der Waals surface area contributed by atoms with Gasteiger partial charge in [-0.3, -0.25) is 0 Å². The minimum Gasteiger partial charge on any atom is -0.370 e. The van der Waals surface area contributed by atoms with Gasteiger partial charge in [0.1, 0.15) is 5.82 Å². The van der Waals surface area contributed by atoms with Crippen LogP contribution in [0.3, 0.4) is 0 Å². The lowest BCUT2D eigenvalue weighted by molar-refractivity contribution is 0.472. The molecule has 0 saturated carbocycles. The molecule has 0 aliphatic heterocycles. The highest BCUT2D eigenvalue weighted by Crippen LogP contribution is 2.15. The molecule has 0 saturated heterocycles. The zero-order valence-corrected chi connectivity index (χ0v) is 12.1. The molecular formula is C14H26N4. The van der Waals surface area contributed by atoms with Crippen LogP contribution in [0.5, 0.6) is 0 Å². The van der Waals surface area contributed by atoms with Crippen LogP contribution >= 0.6 is 0 Å². The van der Waals surface area contributed by atoms with E-state index in [0.29, 0.717) is 5.95 Å². The minimum atomic E-state index is 0.680. The van der Waals surface area contributed by atoms with E-state index in [1.165, 1.54) is 25.7 Å². The van der Waals surface area contributed by atoms with E-state index in [2.05, 4.69) is 34.4 Å². The van der Waals surface area contributed by atoms with Crippen molar-refractivity contribution in [1.82, 2.24) is 9.97 Å². The summed E-state index contributed by atoms with van der Waals surface area (Å²) >= 11 is 0. The van der Waals surface area contributed by atoms with Crippen LogP contribution < -0.4 is 10.6 Å². The Labute approximate surface area is 111 Å². The molecular weight excluding hydrogens is 224 g/mol. The zero-order chi connectivity index (χ0) is 13.4. The van der Waals surface area contributed by atoms with Gasteiger partial charge in [0.15, 0.2) is 0 Å². The SMILES string of the molecule is CCCCC(CC)CNc1cc(C)nc(NC)n1. The first kappa shape index (κ1) is 14.7. The summed E-state index contributed by atoms with van der Waals surface area (Å²) in [5.41, 5.74) is 0.985. The quantitative estimate of drug-likeness (QED) is 0.742. The van der Waals surface area contributed by atoms with E-state index in [4.69, 9.17) is 0 Å². The van der Waals surface area contributed by atoms with Crippen LogP contribution in [0.15, 0.2) is 6.07 Å². The number of hydrogen-bond acceptors (Lipinski definition) is 4. The maximum atomic E-state index is 4.41. The summed E-state index contributed by atoms with van der Waals surface area (Å²) in [5, 5.41) is 6.41. The predicted octanol–water partition coefficient (Wildman–Crippen LogP) is 3.46. The third-order valence-corrected chi connectivity index (χ3v) is 3.19. The molecule has 0 aliphatic carbocycles. The second-order valence-electron chi connectivity index (χ2n) is 4.77. The Kier molecular flexibility index (Phi) is 6.47. The smallest absolute Gasteiger partial charge is 0.224 e. The Morgan fingerprint density at radius 2 is 2.06 bits per heavy atom. The second kappa shape index (κ2) is 7.90. The number of anilines is 2. The summed E-state index contributed by atoms with van der Waals surface area (Å²) in [5.74, 6) is 2.33. The summed E-state index contributed by atoms with van der Waals surface area (Å²) in [7, 11) is 1.84. The summed E-state index contributed by atoms with van der Waals surface area (Å²) in [4.78, 5) is 8.69. The Balaban J connectivity index is 2.53. The van der Waals surface area contributed by atoms with Gasteiger partial charge in [0.2, 0.25) is 5.95 Å². The van der Waals surface area contributed by atoms with Gasteiger partial charge in [-0.1, -0.05) is 33.1 Å². The molecule has 0 fully saturated rings. The fourth-order valence-electron chi connectivity index (χ4n) is 1.96. The number of nitrogens with zero attached hydrogens (tertiary/aromatic N) is 2. The molecule has 4 heteroatoms. The summed E-state index contributed by atoms with van der Waals surface area (Å²) in [6.07, 6.45) is 5.09. The fraction of sp³-hybridized carbons (Fsp3) is 0.714. The van der Waals surface area contributed by atoms with E-state index in [9.17, 15) is 0 Å². The van der Waals surface area contributed by atoms with Crippen molar-refractivity contribution in [3.63, 3.8) is 0 Å². The number of unbranched alkanes of at least 4 members (excludes halogenated alkanes) is 1. The van der Waals surface area contributed by atoms with Crippen LogP contribution in [0, 0.1) is 12.8 Å². The highest BCUT2D eigenvalue weighted by molar-refractivity contribution is 5.41. The molecule has 1 heterocycles. The summed E-state index contributed by atoms with van der Waals surface area (Å²) in [6.45, 7) is 7.48. The second-order valence-corrected chi connectivity index (χ2v) is 4.77. The monoisotopic (exact) mass is 250 g/mol. The Hall–Kier alpha value is -1.32. The van der Waals surface area contributed by atoms with Crippen molar-refractivity contribution in [1.29, 1.82) is 0 Å². The average Bonchev–Trinajstić information content (AvgIpc) is 2.38. The Morgan fingerprint density at radius 1 is 1.28 bits per heavy atom. The number of nitrogens with one attached hydrogen (secondary N) is 2. The van der Waals surface area contributed by atoms with Crippen molar-refractivity contribution in [2.24, 2.45) is 5.92 Å². The highest BCUT2D eigenvalue weighted by atomic mass is 15.1. The van der Waals surface area contributed by atoms with E-state index >= 15 is 0 Å². The van der Waals surface area contributed by atoms with Crippen molar-refractivity contribution in [3.05, 3.63) is 11.8 Å². The molecule has 1 aromatic heterocycles. The lowest BCUT2D eigenvalue weighted by Gasteiger charge is -2.16. The van der Waals surface area contributed by atoms with Gasteiger partial charge < -0.3 is 10.6 Å². The van der Waals surface area contributed by atoms with E-state index in [1.54, 1.807) is 0 Å². The minimum absolute atomic E-state index is 0.680. The molecule has 0 aromatic carbocycles. The van der Waals surface area contributed by atoms with E-state index < -0.39 is 0 Å². The molecule has 1 aromatic rings. The first-order valence-electron chi connectivity index (χ1n) is 6.96. The standard InChI is InChI=1S/C14H26N4/c1-5-7-8-12(6-2)10-16-13-9-11(3)17-14(15-4)18-13/h9,12H,5-8,10H2,1-4H3,(H2,15,16,17,18). The summed E-state index contributed by atoms with van der Waals surface area (Å²) in [6, 6.07) is 1.99. The fourth-order valence-corrected chi connectivity index (χ4v) is 1.96. The third kappa shape index (κ3) is 4.90. The number of aryl methyl sites for hydroxylation is 1. The van der Waals surface area contributed by atoms with Gasteiger partial charge in [-0.05, 0) is 19.3 Å². The van der Waals surface area contributed by atoms with Crippen LogP contribution in [0.4, 0.5) is 11.8 Å². The molecule has 0 aliphatic rings. The molecule has 1 atom stereocenters.